The Morgan fingerprint density at radius 1 is 1.10 bits per heavy atom. The van der Waals surface area contributed by atoms with E-state index in [-0.39, 0.29) is 5.91 Å². The van der Waals surface area contributed by atoms with Crippen LogP contribution in [0.2, 0.25) is 5.02 Å². The highest BCUT2D eigenvalue weighted by Gasteiger charge is 2.23. The Hall–Kier alpha value is -2.61. The summed E-state index contributed by atoms with van der Waals surface area (Å²) in [6.07, 6.45) is 5.00. The zero-order chi connectivity index (χ0) is 21.6. The van der Waals surface area contributed by atoms with Crippen LogP contribution in [0.3, 0.4) is 0 Å². The van der Waals surface area contributed by atoms with Crippen molar-refractivity contribution in [2.75, 3.05) is 33.2 Å². The molecule has 1 aromatic carbocycles. The molecule has 0 unspecified atom stereocenters. The summed E-state index contributed by atoms with van der Waals surface area (Å²) < 4.78 is 2.25. The molecule has 9 heteroatoms. The first-order valence-electron chi connectivity index (χ1n) is 11.0. The largest absolute Gasteiger partial charge is 0.349 e. The minimum Gasteiger partial charge on any atom is -0.349 e. The van der Waals surface area contributed by atoms with Gasteiger partial charge in [-0.3, -0.25) is 9.79 Å². The lowest BCUT2D eigenvalue weighted by Crippen LogP contribution is -2.54. The molecule has 4 rings (SSSR count). The Labute approximate surface area is 188 Å². The number of amides is 1. The molecule has 0 saturated carbocycles. The Balaban J connectivity index is 1.28. The third-order valence-corrected chi connectivity index (χ3v) is 6.21. The van der Waals surface area contributed by atoms with Gasteiger partial charge in [-0.05, 0) is 30.5 Å². The average molecular weight is 444 g/mol. The van der Waals surface area contributed by atoms with E-state index in [0.717, 1.165) is 49.2 Å². The van der Waals surface area contributed by atoms with Gasteiger partial charge in [0.1, 0.15) is 5.82 Å². The summed E-state index contributed by atoms with van der Waals surface area (Å²) in [7, 11) is 1.79. The number of aryl methyl sites for hydroxylation is 1. The van der Waals surface area contributed by atoms with Crippen molar-refractivity contribution in [3.8, 4) is 0 Å². The second kappa shape index (κ2) is 10.1. The van der Waals surface area contributed by atoms with Crippen molar-refractivity contribution in [3.05, 3.63) is 46.5 Å². The molecule has 1 aromatic heterocycles. The van der Waals surface area contributed by atoms with E-state index in [1.54, 1.807) is 7.05 Å². The van der Waals surface area contributed by atoms with Crippen molar-refractivity contribution in [3.63, 3.8) is 0 Å². The number of aromatic nitrogens is 3. The van der Waals surface area contributed by atoms with E-state index < -0.39 is 0 Å². The van der Waals surface area contributed by atoms with Gasteiger partial charge in [0.05, 0.1) is 13.0 Å². The van der Waals surface area contributed by atoms with Gasteiger partial charge < -0.3 is 19.7 Å². The first-order chi connectivity index (χ1) is 15.1. The van der Waals surface area contributed by atoms with Crippen molar-refractivity contribution in [2.24, 2.45) is 4.99 Å². The average Bonchev–Trinajstić information content (AvgIpc) is 3.00. The number of aliphatic imine (C=N–C) groups is 1. The molecule has 2 aliphatic rings. The molecule has 0 bridgehead atoms. The van der Waals surface area contributed by atoms with Crippen LogP contribution in [0.4, 0.5) is 0 Å². The molecule has 0 spiro atoms. The summed E-state index contributed by atoms with van der Waals surface area (Å²) in [5.41, 5.74) is 0.949. The van der Waals surface area contributed by atoms with Gasteiger partial charge in [-0.1, -0.05) is 30.2 Å². The van der Waals surface area contributed by atoms with E-state index in [9.17, 15) is 4.79 Å². The summed E-state index contributed by atoms with van der Waals surface area (Å²) in [6, 6.07) is 7.50. The topological polar surface area (TPSA) is 78.7 Å². The van der Waals surface area contributed by atoms with Crippen LogP contribution < -0.4 is 5.32 Å². The molecule has 2 aliphatic heterocycles. The van der Waals surface area contributed by atoms with Crippen LogP contribution in [0.5, 0.6) is 0 Å². The van der Waals surface area contributed by atoms with Crippen LogP contribution in [0.1, 0.15) is 36.5 Å². The number of nitrogens with one attached hydrogen (secondary N) is 1. The molecule has 8 nitrogen and oxygen atoms in total. The molecule has 1 saturated heterocycles. The third-order valence-electron chi connectivity index (χ3n) is 5.98. The number of hydrogen-bond acceptors (Lipinski definition) is 4. The first kappa shape index (κ1) is 21.6. The zero-order valence-electron chi connectivity index (χ0n) is 18.1. The highest BCUT2D eigenvalue weighted by atomic mass is 35.5. The standard InChI is InChI=1S/C22H30ClN7O/c1-24-22(25-16-20-27-26-19-8-3-2-4-9-30(19)20)29-12-10-28(11-13-29)21(31)15-17-6-5-7-18(23)14-17/h5-7,14H,2-4,8-13,15-16H2,1H3,(H,24,25). The lowest BCUT2D eigenvalue weighted by Gasteiger charge is -2.36. The Morgan fingerprint density at radius 3 is 2.68 bits per heavy atom. The Morgan fingerprint density at radius 2 is 1.90 bits per heavy atom. The number of guanidine groups is 1. The Kier molecular flexibility index (Phi) is 7.06. The van der Waals surface area contributed by atoms with Crippen molar-refractivity contribution < 1.29 is 4.79 Å². The van der Waals surface area contributed by atoms with Crippen LogP contribution >= 0.6 is 11.6 Å². The minimum absolute atomic E-state index is 0.135. The van der Waals surface area contributed by atoms with Crippen molar-refractivity contribution in [2.45, 2.75) is 45.2 Å². The monoisotopic (exact) mass is 443 g/mol. The van der Waals surface area contributed by atoms with Gasteiger partial charge in [0.2, 0.25) is 5.91 Å². The number of carbonyl (C=O) groups is 1. The summed E-state index contributed by atoms with van der Waals surface area (Å²) in [5, 5.41) is 12.9. The van der Waals surface area contributed by atoms with E-state index in [2.05, 4.69) is 30.0 Å². The highest BCUT2D eigenvalue weighted by Crippen LogP contribution is 2.15. The number of fused-ring (bicyclic) bond motifs is 1. The van der Waals surface area contributed by atoms with Gasteiger partial charge in [0, 0.05) is 51.2 Å². The summed E-state index contributed by atoms with van der Waals surface area (Å²) in [6.45, 7) is 4.46. The predicted octanol–water partition coefficient (Wildman–Crippen LogP) is 2.12. The van der Waals surface area contributed by atoms with Crippen LogP contribution in [0.15, 0.2) is 29.3 Å². The maximum Gasteiger partial charge on any atom is 0.227 e. The van der Waals surface area contributed by atoms with Gasteiger partial charge in [-0.2, -0.15) is 0 Å². The van der Waals surface area contributed by atoms with E-state index in [1.165, 1.54) is 19.3 Å². The maximum absolute atomic E-state index is 12.7. The number of piperazine rings is 1. The fraction of sp³-hybridized carbons (Fsp3) is 0.545. The van der Waals surface area contributed by atoms with Crippen molar-refractivity contribution in [1.29, 1.82) is 0 Å². The van der Waals surface area contributed by atoms with Gasteiger partial charge in [0.25, 0.3) is 0 Å². The molecular weight excluding hydrogens is 414 g/mol. The van der Waals surface area contributed by atoms with Crippen LogP contribution in [0.25, 0.3) is 0 Å². The molecule has 1 fully saturated rings. The zero-order valence-corrected chi connectivity index (χ0v) is 18.8. The minimum atomic E-state index is 0.135. The van der Waals surface area contributed by atoms with Gasteiger partial charge in [0.15, 0.2) is 11.8 Å². The molecule has 0 aliphatic carbocycles. The van der Waals surface area contributed by atoms with E-state index in [0.29, 0.717) is 31.1 Å². The van der Waals surface area contributed by atoms with E-state index in [4.69, 9.17) is 11.6 Å². The highest BCUT2D eigenvalue weighted by molar-refractivity contribution is 6.30. The molecule has 0 radical (unpaired) electrons. The number of carbonyl (C=O) groups excluding carboxylic acids is 1. The van der Waals surface area contributed by atoms with Gasteiger partial charge in [-0.15, -0.1) is 10.2 Å². The number of rotatable bonds is 4. The predicted molar refractivity (Wildman–Crippen MR) is 121 cm³/mol. The lowest BCUT2D eigenvalue weighted by molar-refractivity contribution is -0.131. The van der Waals surface area contributed by atoms with Crippen LogP contribution in [-0.2, 0) is 30.7 Å². The normalized spacial score (nSPS) is 17.3. The number of nitrogens with zero attached hydrogens (tertiary/aromatic N) is 6. The fourth-order valence-electron chi connectivity index (χ4n) is 4.27. The molecule has 166 valence electrons. The summed E-state index contributed by atoms with van der Waals surface area (Å²) in [5.74, 6) is 3.04. The molecular formula is C22H30ClN7O. The number of halogens is 1. The third kappa shape index (κ3) is 5.36. The molecule has 1 amide bonds. The Bertz CT molecular complexity index is 934. The quantitative estimate of drug-likeness (QED) is 0.578. The first-order valence-corrected chi connectivity index (χ1v) is 11.4. The SMILES string of the molecule is CN=C(NCc1nnc2n1CCCCC2)N1CCN(C(=O)Cc2cccc(Cl)c2)CC1. The molecule has 1 N–H and O–H groups in total. The van der Waals surface area contributed by atoms with Crippen LogP contribution in [-0.4, -0.2) is 69.7 Å². The maximum atomic E-state index is 12.7. The second-order valence-electron chi connectivity index (χ2n) is 8.07. The van der Waals surface area contributed by atoms with Gasteiger partial charge >= 0.3 is 0 Å². The second-order valence-corrected chi connectivity index (χ2v) is 8.51. The van der Waals surface area contributed by atoms with E-state index in [1.807, 2.05) is 29.2 Å². The van der Waals surface area contributed by atoms with Gasteiger partial charge in [-0.25, -0.2) is 0 Å². The number of hydrogen-bond donors (Lipinski definition) is 1. The smallest absolute Gasteiger partial charge is 0.227 e. The summed E-state index contributed by atoms with van der Waals surface area (Å²) in [4.78, 5) is 21.2. The summed E-state index contributed by atoms with van der Waals surface area (Å²) >= 11 is 6.04. The fourth-order valence-corrected chi connectivity index (χ4v) is 4.48. The van der Waals surface area contributed by atoms with Crippen molar-refractivity contribution in [1.82, 2.24) is 29.9 Å². The molecule has 3 heterocycles. The number of benzene rings is 1. The van der Waals surface area contributed by atoms with Crippen molar-refractivity contribution >= 4 is 23.5 Å². The molecule has 2 aromatic rings. The van der Waals surface area contributed by atoms with E-state index >= 15 is 0 Å². The molecule has 0 atom stereocenters. The molecule has 31 heavy (non-hydrogen) atoms. The lowest BCUT2D eigenvalue weighted by atomic mass is 10.1. The van der Waals surface area contributed by atoms with Crippen LogP contribution in [0, 0.1) is 0 Å².